The minimum Gasteiger partial charge on any atom is -0.380 e. The highest BCUT2D eigenvalue weighted by Crippen LogP contribution is 2.36. The maximum absolute atomic E-state index is 5.79. The summed E-state index contributed by atoms with van der Waals surface area (Å²) in [4.78, 5) is 0. The molecule has 0 atom stereocenters. The van der Waals surface area contributed by atoms with Crippen molar-refractivity contribution >= 4 is 0 Å². The minimum absolute atomic E-state index is 0.331. The molecule has 0 saturated carbocycles. The molecule has 1 aliphatic heterocycles. The van der Waals surface area contributed by atoms with Crippen LogP contribution in [0.3, 0.4) is 0 Å². The summed E-state index contributed by atoms with van der Waals surface area (Å²) in [6, 6.07) is 21.1. The van der Waals surface area contributed by atoms with Crippen molar-refractivity contribution in [3.63, 3.8) is 0 Å². The molecule has 116 valence electrons. The van der Waals surface area contributed by atoms with Gasteiger partial charge in [0.25, 0.3) is 0 Å². The van der Waals surface area contributed by atoms with Gasteiger partial charge in [0, 0.05) is 12.0 Å². The zero-order valence-corrected chi connectivity index (χ0v) is 13.0. The molecular weight excluding hydrogens is 272 g/mol. The normalized spacial score (nSPS) is 16.2. The summed E-state index contributed by atoms with van der Waals surface area (Å²) in [5.74, 6) is 0. The van der Waals surface area contributed by atoms with Gasteiger partial charge in [-0.2, -0.15) is 0 Å². The van der Waals surface area contributed by atoms with Gasteiger partial charge in [-0.05, 0) is 30.4 Å². The van der Waals surface area contributed by atoms with Crippen molar-refractivity contribution in [2.75, 3.05) is 19.8 Å². The van der Waals surface area contributed by atoms with Gasteiger partial charge in [-0.3, -0.25) is 0 Å². The van der Waals surface area contributed by atoms with Crippen LogP contribution in [0.2, 0.25) is 0 Å². The monoisotopic (exact) mass is 296 g/mol. The van der Waals surface area contributed by atoms with E-state index in [0.717, 1.165) is 32.7 Å². The molecule has 0 amide bonds. The second kappa shape index (κ2) is 7.57. The van der Waals surface area contributed by atoms with Crippen molar-refractivity contribution in [1.29, 1.82) is 0 Å². The third-order valence-electron chi connectivity index (χ3n) is 4.35. The minimum atomic E-state index is 0.331. The second-order valence-corrected chi connectivity index (χ2v) is 6.30. The first kappa shape index (κ1) is 15.3. The average Bonchev–Trinajstić information content (AvgIpc) is 2.54. The van der Waals surface area contributed by atoms with Crippen LogP contribution in [0.15, 0.2) is 60.7 Å². The van der Waals surface area contributed by atoms with Crippen molar-refractivity contribution in [2.45, 2.75) is 25.9 Å². The van der Waals surface area contributed by atoms with Crippen molar-refractivity contribution in [3.05, 3.63) is 71.8 Å². The number of ether oxygens (including phenoxy) is 2. The summed E-state index contributed by atoms with van der Waals surface area (Å²) in [6.45, 7) is 3.32. The molecule has 0 unspecified atom stereocenters. The molecule has 1 aliphatic rings. The van der Waals surface area contributed by atoms with E-state index in [0.29, 0.717) is 12.0 Å². The molecule has 2 aromatic rings. The second-order valence-electron chi connectivity index (χ2n) is 6.30. The Morgan fingerprint density at radius 3 is 2.09 bits per heavy atom. The van der Waals surface area contributed by atoms with Gasteiger partial charge >= 0.3 is 0 Å². The quantitative estimate of drug-likeness (QED) is 0.678. The molecule has 0 bridgehead atoms. The first-order valence-electron chi connectivity index (χ1n) is 8.10. The van der Waals surface area contributed by atoms with Gasteiger partial charge in [0.1, 0.15) is 0 Å². The SMILES string of the molecule is c1ccc(COCCCC2(Cc3ccccc3)COC2)cc1. The smallest absolute Gasteiger partial charge is 0.0716 e. The molecule has 1 fully saturated rings. The van der Waals surface area contributed by atoms with E-state index in [1.54, 1.807) is 0 Å². The summed E-state index contributed by atoms with van der Waals surface area (Å²) in [5.41, 5.74) is 2.99. The van der Waals surface area contributed by atoms with Gasteiger partial charge in [-0.25, -0.2) is 0 Å². The molecule has 0 N–H and O–H groups in total. The Balaban J connectivity index is 1.40. The highest BCUT2D eigenvalue weighted by molar-refractivity contribution is 5.17. The lowest BCUT2D eigenvalue weighted by molar-refractivity contribution is -0.119. The van der Waals surface area contributed by atoms with Gasteiger partial charge in [0.05, 0.1) is 19.8 Å². The van der Waals surface area contributed by atoms with E-state index in [1.165, 1.54) is 17.5 Å². The Hall–Kier alpha value is -1.64. The highest BCUT2D eigenvalue weighted by atomic mass is 16.5. The van der Waals surface area contributed by atoms with Crippen molar-refractivity contribution in [1.82, 2.24) is 0 Å². The van der Waals surface area contributed by atoms with Crippen LogP contribution in [-0.2, 0) is 22.5 Å². The van der Waals surface area contributed by atoms with Gasteiger partial charge in [-0.1, -0.05) is 60.7 Å². The van der Waals surface area contributed by atoms with Crippen LogP contribution in [0.5, 0.6) is 0 Å². The molecule has 2 heteroatoms. The molecule has 2 nitrogen and oxygen atoms in total. The van der Waals surface area contributed by atoms with Gasteiger partial charge in [0.2, 0.25) is 0 Å². The highest BCUT2D eigenvalue weighted by Gasteiger charge is 2.37. The van der Waals surface area contributed by atoms with E-state index >= 15 is 0 Å². The third-order valence-corrected chi connectivity index (χ3v) is 4.35. The lowest BCUT2D eigenvalue weighted by atomic mass is 9.76. The molecule has 0 aromatic heterocycles. The van der Waals surface area contributed by atoms with Crippen LogP contribution in [0, 0.1) is 5.41 Å². The summed E-state index contributed by atoms with van der Waals surface area (Å²) < 4.78 is 11.3. The maximum Gasteiger partial charge on any atom is 0.0716 e. The standard InChI is InChI=1S/C20H24O2/c1-3-8-18(9-4-1)14-20(16-22-17-20)12-7-13-21-15-19-10-5-2-6-11-19/h1-6,8-11H,7,12-17H2. The molecule has 0 radical (unpaired) electrons. The van der Waals surface area contributed by atoms with E-state index < -0.39 is 0 Å². The van der Waals surface area contributed by atoms with Crippen molar-refractivity contribution in [2.24, 2.45) is 5.41 Å². The summed E-state index contributed by atoms with van der Waals surface area (Å²) >= 11 is 0. The predicted octanol–water partition coefficient (Wildman–Crippen LogP) is 4.24. The van der Waals surface area contributed by atoms with Crippen molar-refractivity contribution < 1.29 is 9.47 Å². The maximum atomic E-state index is 5.79. The molecule has 1 saturated heterocycles. The van der Waals surface area contributed by atoms with E-state index in [4.69, 9.17) is 9.47 Å². The van der Waals surface area contributed by atoms with Crippen LogP contribution in [-0.4, -0.2) is 19.8 Å². The van der Waals surface area contributed by atoms with Crippen LogP contribution < -0.4 is 0 Å². The number of rotatable bonds is 8. The third kappa shape index (κ3) is 4.19. The molecule has 2 aromatic carbocycles. The molecule has 0 aliphatic carbocycles. The van der Waals surface area contributed by atoms with Gasteiger partial charge in [0.15, 0.2) is 0 Å². The summed E-state index contributed by atoms with van der Waals surface area (Å²) in [6.07, 6.45) is 3.40. The summed E-state index contributed by atoms with van der Waals surface area (Å²) in [5, 5.41) is 0. The van der Waals surface area contributed by atoms with Crippen LogP contribution in [0.4, 0.5) is 0 Å². The predicted molar refractivity (Wildman–Crippen MR) is 88.7 cm³/mol. The molecule has 3 rings (SSSR count). The molecule has 22 heavy (non-hydrogen) atoms. The lowest BCUT2D eigenvalue weighted by Gasteiger charge is -2.42. The zero-order chi connectivity index (χ0) is 15.1. The van der Waals surface area contributed by atoms with E-state index in [-0.39, 0.29) is 0 Å². The topological polar surface area (TPSA) is 18.5 Å². The van der Waals surface area contributed by atoms with Crippen molar-refractivity contribution in [3.8, 4) is 0 Å². The Kier molecular flexibility index (Phi) is 5.25. The molecule has 1 heterocycles. The number of hydrogen-bond donors (Lipinski definition) is 0. The first-order chi connectivity index (χ1) is 10.9. The molecule has 0 spiro atoms. The number of benzene rings is 2. The molecular formula is C20H24O2. The fourth-order valence-corrected chi connectivity index (χ4v) is 3.07. The van der Waals surface area contributed by atoms with Crippen LogP contribution >= 0.6 is 0 Å². The van der Waals surface area contributed by atoms with Gasteiger partial charge < -0.3 is 9.47 Å². The fourth-order valence-electron chi connectivity index (χ4n) is 3.07. The summed E-state index contributed by atoms with van der Waals surface area (Å²) in [7, 11) is 0. The average molecular weight is 296 g/mol. The van der Waals surface area contributed by atoms with Crippen LogP contribution in [0.25, 0.3) is 0 Å². The van der Waals surface area contributed by atoms with Gasteiger partial charge in [-0.15, -0.1) is 0 Å². The largest absolute Gasteiger partial charge is 0.380 e. The first-order valence-corrected chi connectivity index (χ1v) is 8.10. The Labute approximate surface area is 133 Å². The van der Waals surface area contributed by atoms with E-state index in [9.17, 15) is 0 Å². The lowest BCUT2D eigenvalue weighted by Crippen LogP contribution is -2.44. The Morgan fingerprint density at radius 1 is 0.864 bits per heavy atom. The van der Waals surface area contributed by atoms with Crippen LogP contribution in [0.1, 0.15) is 24.0 Å². The Morgan fingerprint density at radius 2 is 1.50 bits per heavy atom. The zero-order valence-electron chi connectivity index (χ0n) is 13.0. The fraction of sp³-hybridized carbons (Fsp3) is 0.400. The number of hydrogen-bond acceptors (Lipinski definition) is 2. The Bertz CT molecular complexity index is 546. The van der Waals surface area contributed by atoms with E-state index in [1.807, 2.05) is 6.07 Å². The van der Waals surface area contributed by atoms with E-state index in [2.05, 4.69) is 54.6 Å².